The van der Waals surface area contributed by atoms with E-state index in [9.17, 15) is 4.79 Å². The molecule has 2 N–H and O–H groups in total. The molecule has 6 nitrogen and oxygen atoms in total. The molecule has 0 unspecified atom stereocenters. The van der Waals surface area contributed by atoms with Gasteiger partial charge in [0.15, 0.2) is 0 Å². The van der Waals surface area contributed by atoms with Gasteiger partial charge in [0, 0.05) is 19.6 Å². The van der Waals surface area contributed by atoms with Crippen molar-refractivity contribution >= 4 is 11.8 Å². The fourth-order valence-electron chi connectivity index (χ4n) is 4.06. The summed E-state index contributed by atoms with van der Waals surface area (Å²) in [6.45, 7) is 11.2. The molecule has 3 rings (SSSR count). The van der Waals surface area contributed by atoms with Gasteiger partial charge in [-0.25, -0.2) is 4.79 Å². The molecule has 162 valence electrons. The first-order chi connectivity index (χ1) is 13.8. The van der Waals surface area contributed by atoms with E-state index in [2.05, 4.69) is 11.0 Å². The lowest BCUT2D eigenvalue weighted by Crippen LogP contribution is -2.38. The van der Waals surface area contributed by atoms with Gasteiger partial charge >= 0.3 is 6.09 Å². The smallest absolute Gasteiger partial charge is 0.410 e. The average molecular weight is 404 g/mol. The third-order valence-electron chi connectivity index (χ3n) is 5.61. The highest BCUT2D eigenvalue weighted by Gasteiger charge is 2.24. The number of carbonyl (C=O) groups is 1. The second-order valence-corrected chi connectivity index (χ2v) is 9.23. The Morgan fingerprint density at radius 3 is 2.34 bits per heavy atom. The molecule has 0 atom stereocenters. The molecule has 29 heavy (non-hydrogen) atoms. The van der Waals surface area contributed by atoms with Gasteiger partial charge in [0.1, 0.15) is 11.4 Å². The summed E-state index contributed by atoms with van der Waals surface area (Å²) in [6, 6.07) is 4.10. The van der Waals surface area contributed by atoms with Crippen LogP contribution in [0.3, 0.4) is 0 Å². The third-order valence-corrected chi connectivity index (χ3v) is 5.61. The summed E-state index contributed by atoms with van der Waals surface area (Å²) >= 11 is 0. The summed E-state index contributed by atoms with van der Waals surface area (Å²) in [5.41, 5.74) is 8.89. The Kier molecular flexibility index (Phi) is 7.28. The minimum atomic E-state index is -0.476. The second kappa shape index (κ2) is 9.70. The molecule has 1 aromatic carbocycles. The molecule has 1 fully saturated rings. The molecule has 0 saturated carbocycles. The summed E-state index contributed by atoms with van der Waals surface area (Å²) < 4.78 is 11.5. The Hall–Kier alpha value is -1.95. The van der Waals surface area contributed by atoms with Crippen molar-refractivity contribution in [3.05, 3.63) is 23.3 Å². The number of anilines is 1. The largest absolute Gasteiger partial charge is 0.491 e. The normalized spacial score (nSPS) is 18.1. The van der Waals surface area contributed by atoms with Gasteiger partial charge in [-0.2, -0.15) is 0 Å². The number of nitrogens with zero attached hydrogens (tertiary/aromatic N) is 2. The van der Waals surface area contributed by atoms with Gasteiger partial charge in [0.25, 0.3) is 0 Å². The topological polar surface area (TPSA) is 68.0 Å². The number of carbonyl (C=O) groups excluding carboxylic acids is 1. The van der Waals surface area contributed by atoms with Crippen LogP contribution in [0.2, 0.25) is 0 Å². The van der Waals surface area contributed by atoms with Crippen LogP contribution in [0.4, 0.5) is 10.5 Å². The molecule has 0 aromatic heterocycles. The number of ether oxygens (including phenoxy) is 2. The molecule has 6 heteroatoms. The molecule has 2 aliphatic heterocycles. The van der Waals surface area contributed by atoms with E-state index < -0.39 is 5.60 Å². The molecule has 0 aliphatic carbocycles. The molecule has 1 saturated heterocycles. The molecule has 0 bridgehead atoms. The minimum Gasteiger partial charge on any atom is -0.491 e. The molecule has 1 amide bonds. The molecule has 0 spiro atoms. The minimum absolute atomic E-state index is 0.243. The van der Waals surface area contributed by atoms with Gasteiger partial charge < -0.3 is 25.0 Å². The van der Waals surface area contributed by atoms with Gasteiger partial charge in [0.2, 0.25) is 0 Å². The Labute approximate surface area is 175 Å². The van der Waals surface area contributed by atoms with Crippen molar-refractivity contribution in [1.29, 1.82) is 0 Å². The van der Waals surface area contributed by atoms with Gasteiger partial charge in [-0.1, -0.05) is 6.42 Å². The Morgan fingerprint density at radius 2 is 1.69 bits per heavy atom. The monoisotopic (exact) mass is 403 g/mol. The standard InChI is InChI=1S/C23H37N3O3/c1-23(2,3)29-22(27)26-13-8-18-16-20(24)21(17-19(18)9-14-26)28-15-7-12-25-10-5-4-6-11-25/h16-17H,4-15,24H2,1-3H3. The van der Waals surface area contributed by atoms with Crippen LogP contribution in [0.15, 0.2) is 12.1 Å². The number of amides is 1. The van der Waals surface area contributed by atoms with E-state index >= 15 is 0 Å². The van der Waals surface area contributed by atoms with Crippen LogP contribution in [0, 0.1) is 0 Å². The fourth-order valence-corrected chi connectivity index (χ4v) is 4.06. The highest BCUT2D eigenvalue weighted by atomic mass is 16.6. The zero-order valence-corrected chi connectivity index (χ0v) is 18.3. The molecular formula is C23H37N3O3. The highest BCUT2D eigenvalue weighted by Crippen LogP contribution is 2.29. The number of fused-ring (bicyclic) bond motifs is 1. The van der Waals surface area contributed by atoms with E-state index in [1.165, 1.54) is 43.5 Å². The Morgan fingerprint density at radius 1 is 1.03 bits per heavy atom. The maximum absolute atomic E-state index is 12.4. The van der Waals surface area contributed by atoms with Crippen molar-refractivity contribution in [3.63, 3.8) is 0 Å². The average Bonchev–Trinajstić information content (AvgIpc) is 2.87. The van der Waals surface area contributed by atoms with Crippen LogP contribution >= 0.6 is 0 Å². The highest BCUT2D eigenvalue weighted by molar-refractivity contribution is 5.68. The number of nitrogen functional groups attached to an aromatic ring is 1. The molecule has 2 aliphatic rings. The molecule has 1 aromatic rings. The number of likely N-dealkylation sites (tertiary alicyclic amines) is 1. The van der Waals surface area contributed by atoms with Crippen LogP contribution in [0.5, 0.6) is 5.75 Å². The predicted molar refractivity (Wildman–Crippen MR) is 116 cm³/mol. The van der Waals surface area contributed by atoms with E-state index in [1.807, 2.05) is 26.8 Å². The number of rotatable bonds is 5. The SMILES string of the molecule is CC(C)(C)OC(=O)N1CCc2cc(N)c(OCCCN3CCCCC3)cc2CC1. The van der Waals surface area contributed by atoms with Crippen molar-refractivity contribution in [2.24, 2.45) is 0 Å². The molecular weight excluding hydrogens is 366 g/mol. The number of hydrogen-bond donors (Lipinski definition) is 1. The Bertz CT molecular complexity index is 693. The molecule has 0 radical (unpaired) electrons. The summed E-state index contributed by atoms with van der Waals surface area (Å²) in [7, 11) is 0. The van der Waals surface area contributed by atoms with Gasteiger partial charge in [0.05, 0.1) is 12.3 Å². The van der Waals surface area contributed by atoms with Crippen LogP contribution in [-0.4, -0.2) is 60.8 Å². The van der Waals surface area contributed by atoms with Crippen molar-refractivity contribution < 1.29 is 14.3 Å². The lowest BCUT2D eigenvalue weighted by atomic mass is 10.0. The number of piperidine rings is 1. The maximum Gasteiger partial charge on any atom is 0.410 e. The predicted octanol–water partition coefficient (Wildman–Crippen LogP) is 3.86. The van der Waals surface area contributed by atoms with Crippen molar-refractivity contribution in [3.8, 4) is 5.75 Å². The summed E-state index contributed by atoms with van der Waals surface area (Å²) in [5, 5.41) is 0. The molecule has 2 heterocycles. The van der Waals surface area contributed by atoms with Crippen LogP contribution in [0.1, 0.15) is 57.6 Å². The van der Waals surface area contributed by atoms with Crippen LogP contribution in [-0.2, 0) is 17.6 Å². The summed E-state index contributed by atoms with van der Waals surface area (Å²) in [5.74, 6) is 0.771. The summed E-state index contributed by atoms with van der Waals surface area (Å²) in [4.78, 5) is 16.7. The zero-order chi connectivity index (χ0) is 20.9. The number of hydrogen-bond acceptors (Lipinski definition) is 5. The lowest BCUT2D eigenvalue weighted by Gasteiger charge is -2.26. The first-order valence-corrected chi connectivity index (χ1v) is 11.1. The van der Waals surface area contributed by atoms with Crippen LogP contribution < -0.4 is 10.5 Å². The van der Waals surface area contributed by atoms with Crippen molar-refractivity contribution in [2.75, 3.05) is 45.1 Å². The van der Waals surface area contributed by atoms with E-state index in [4.69, 9.17) is 15.2 Å². The van der Waals surface area contributed by atoms with Gasteiger partial charge in [-0.15, -0.1) is 0 Å². The van der Waals surface area contributed by atoms with Gasteiger partial charge in [-0.05, 0) is 89.2 Å². The summed E-state index contributed by atoms with van der Waals surface area (Å²) in [6.07, 6.45) is 6.35. The first kappa shape index (κ1) is 21.8. The van der Waals surface area contributed by atoms with Gasteiger partial charge in [-0.3, -0.25) is 0 Å². The van der Waals surface area contributed by atoms with E-state index in [-0.39, 0.29) is 6.09 Å². The maximum atomic E-state index is 12.4. The van der Waals surface area contributed by atoms with E-state index in [0.29, 0.717) is 25.4 Å². The second-order valence-electron chi connectivity index (χ2n) is 9.23. The lowest BCUT2D eigenvalue weighted by molar-refractivity contribution is 0.0258. The zero-order valence-electron chi connectivity index (χ0n) is 18.3. The van der Waals surface area contributed by atoms with Crippen molar-refractivity contribution in [1.82, 2.24) is 9.80 Å². The third kappa shape index (κ3) is 6.53. The quantitative estimate of drug-likeness (QED) is 0.597. The first-order valence-electron chi connectivity index (χ1n) is 11.1. The fraction of sp³-hybridized carbons (Fsp3) is 0.696. The van der Waals surface area contributed by atoms with E-state index in [0.717, 1.165) is 31.6 Å². The Balaban J connectivity index is 1.53. The van der Waals surface area contributed by atoms with Crippen molar-refractivity contribution in [2.45, 2.75) is 64.9 Å². The number of benzene rings is 1. The van der Waals surface area contributed by atoms with Crippen LogP contribution in [0.25, 0.3) is 0 Å². The number of nitrogens with two attached hydrogens (primary N) is 1. The van der Waals surface area contributed by atoms with E-state index in [1.54, 1.807) is 4.90 Å².